The predicted octanol–water partition coefficient (Wildman–Crippen LogP) is 1.82. The number of anilines is 2. The van der Waals surface area contributed by atoms with Crippen molar-refractivity contribution in [2.75, 3.05) is 29.1 Å². The first-order chi connectivity index (χ1) is 10.2. The summed E-state index contributed by atoms with van der Waals surface area (Å²) >= 11 is 1.56. The number of nitrogens with zero attached hydrogens (tertiary/aromatic N) is 3. The molecule has 21 heavy (non-hydrogen) atoms. The maximum absolute atomic E-state index is 11.7. The first-order valence-corrected chi connectivity index (χ1v) is 7.79. The van der Waals surface area contributed by atoms with E-state index in [1.807, 2.05) is 13.8 Å². The molecule has 0 unspecified atom stereocenters. The highest BCUT2D eigenvalue weighted by Gasteiger charge is 2.33. The zero-order chi connectivity index (χ0) is 15.4. The number of amides is 1. The Morgan fingerprint density at radius 1 is 1.62 bits per heavy atom. The second-order valence-electron chi connectivity index (χ2n) is 4.25. The topological polar surface area (TPSA) is 93.4 Å². The average Bonchev–Trinajstić information content (AvgIpc) is 2.89. The summed E-state index contributed by atoms with van der Waals surface area (Å²) < 4.78 is 5.09. The van der Waals surface area contributed by atoms with E-state index in [-0.39, 0.29) is 6.10 Å². The summed E-state index contributed by atoms with van der Waals surface area (Å²) in [4.78, 5) is 21.8. The molecule has 0 spiro atoms. The normalized spacial score (nSPS) is 20.1. The Bertz CT molecular complexity index is 551. The van der Waals surface area contributed by atoms with E-state index in [4.69, 9.17) is 10.5 Å². The number of nitrogens with one attached hydrogen (secondary N) is 1. The summed E-state index contributed by atoms with van der Waals surface area (Å²) in [5.74, 6) is 1.85. The van der Waals surface area contributed by atoms with Crippen LogP contribution in [0.1, 0.15) is 13.8 Å². The van der Waals surface area contributed by atoms with Crippen molar-refractivity contribution in [2.24, 2.45) is 5.73 Å². The molecule has 3 heterocycles. The van der Waals surface area contributed by atoms with Crippen LogP contribution in [0.15, 0.2) is 23.5 Å². The van der Waals surface area contributed by atoms with Crippen molar-refractivity contribution in [2.45, 2.75) is 25.0 Å². The molecule has 1 fully saturated rings. The molecule has 0 bridgehead atoms. The van der Waals surface area contributed by atoms with Gasteiger partial charge in [-0.1, -0.05) is 32.2 Å². The third kappa shape index (κ3) is 3.27. The second-order valence-corrected chi connectivity index (χ2v) is 5.22. The zero-order valence-electron chi connectivity index (χ0n) is 12.1. The highest BCUT2D eigenvalue weighted by molar-refractivity contribution is 7.99. The number of nitrogens with two attached hydrogens (primary N) is 1. The molecule has 0 aliphatic carbocycles. The summed E-state index contributed by atoms with van der Waals surface area (Å²) in [6.07, 6.45) is 0.844. The third-order valence-corrected chi connectivity index (χ3v) is 3.88. The number of aromatic nitrogens is 2. The lowest BCUT2D eigenvalue weighted by molar-refractivity contribution is 0.145. The molecule has 0 radical (unpaired) electrons. The van der Waals surface area contributed by atoms with Crippen molar-refractivity contribution in [1.82, 2.24) is 9.97 Å². The van der Waals surface area contributed by atoms with Crippen LogP contribution < -0.4 is 16.0 Å². The molecular formula is C13H19N5O2S. The lowest BCUT2D eigenvalue weighted by Gasteiger charge is -2.19. The lowest BCUT2D eigenvalue weighted by Crippen LogP contribution is -2.28. The minimum atomic E-state index is -0.438. The van der Waals surface area contributed by atoms with Crippen LogP contribution in [0.5, 0.6) is 0 Å². The van der Waals surface area contributed by atoms with Crippen LogP contribution in [0.2, 0.25) is 0 Å². The van der Waals surface area contributed by atoms with E-state index >= 15 is 0 Å². The smallest absolute Gasteiger partial charge is 0.416 e. The van der Waals surface area contributed by atoms with Crippen molar-refractivity contribution in [3.05, 3.63) is 18.5 Å². The number of carbonyl (C=O) groups excluding carboxylic acids is 1. The van der Waals surface area contributed by atoms with Gasteiger partial charge < -0.3 is 15.8 Å². The standard InChI is InChI=1S/C11H13N5O2S.C2H6/c1-6-5-19-10-9(14-6)15-8(3-13-10)16-4-7(2-12)18-11(16)17;1-2/h3,7H,1-2,4-5,12H2,(H,14,15);1-2H3/t7-;/m1./s1. The van der Waals surface area contributed by atoms with Crippen molar-refractivity contribution in [1.29, 1.82) is 0 Å². The van der Waals surface area contributed by atoms with Gasteiger partial charge in [0.1, 0.15) is 11.1 Å². The summed E-state index contributed by atoms with van der Waals surface area (Å²) in [7, 11) is 0. The Morgan fingerprint density at radius 3 is 3.05 bits per heavy atom. The average molecular weight is 309 g/mol. The number of carbonyl (C=O) groups is 1. The second kappa shape index (κ2) is 6.77. The van der Waals surface area contributed by atoms with E-state index in [0.29, 0.717) is 24.7 Å². The maximum Gasteiger partial charge on any atom is 0.416 e. The Kier molecular flexibility index (Phi) is 5.03. The van der Waals surface area contributed by atoms with E-state index in [0.717, 1.165) is 16.5 Å². The highest BCUT2D eigenvalue weighted by Crippen LogP contribution is 2.32. The predicted molar refractivity (Wildman–Crippen MR) is 83.5 cm³/mol. The number of ether oxygens (including phenoxy) is 1. The van der Waals surface area contributed by atoms with Gasteiger partial charge >= 0.3 is 6.09 Å². The van der Waals surface area contributed by atoms with Gasteiger partial charge in [0.15, 0.2) is 11.6 Å². The minimum Gasteiger partial charge on any atom is -0.443 e. The summed E-state index contributed by atoms with van der Waals surface area (Å²) in [6.45, 7) is 8.56. The number of hydrogen-bond donors (Lipinski definition) is 2. The molecule has 1 amide bonds. The lowest BCUT2D eigenvalue weighted by atomic mass is 10.3. The van der Waals surface area contributed by atoms with E-state index in [1.165, 1.54) is 4.90 Å². The number of hydrogen-bond acceptors (Lipinski definition) is 7. The number of rotatable bonds is 2. The van der Waals surface area contributed by atoms with Gasteiger partial charge in [-0.3, -0.25) is 4.90 Å². The number of cyclic esters (lactones) is 1. The molecule has 3 rings (SSSR count). The number of fused-ring (bicyclic) bond motifs is 1. The molecule has 1 saturated heterocycles. The van der Waals surface area contributed by atoms with Crippen LogP contribution in [0.4, 0.5) is 16.4 Å². The van der Waals surface area contributed by atoms with Crippen LogP contribution in [0.25, 0.3) is 0 Å². The molecule has 0 saturated carbocycles. The molecule has 2 aliphatic rings. The highest BCUT2D eigenvalue weighted by atomic mass is 32.2. The fourth-order valence-electron chi connectivity index (χ4n) is 1.88. The maximum atomic E-state index is 11.7. The van der Waals surface area contributed by atoms with Gasteiger partial charge in [0.05, 0.1) is 12.7 Å². The largest absolute Gasteiger partial charge is 0.443 e. The fourth-order valence-corrected chi connectivity index (χ4v) is 2.62. The Hall–Kier alpha value is -1.80. The summed E-state index contributed by atoms with van der Waals surface area (Å²) in [5.41, 5.74) is 6.37. The van der Waals surface area contributed by atoms with E-state index in [1.54, 1.807) is 18.0 Å². The monoisotopic (exact) mass is 309 g/mol. The van der Waals surface area contributed by atoms with E-state index in [9.17, 15) is 4.79 Å². The zero-order valence-corrected chi connectivity index (χ0v) is 12.9. The minimum absolute atomic E-state index is 0.289. The first-order valence-electron chi connectivity index (χ1n) is 6.80. The molecule has 114 valence electrons. The van der Waals surface area contributed by atoms with Crippen LogP contribution >= 0.6 is 11.8 Å². The third-order valence-electron chi connectivity index (χ3n) is 2.82. The van der Waals surface area contributed by atoms with Gasteiger partial charge in [-0.25, -0.2) is 14.8 Å². The van der Waals surface area contributed by atoms with E-state index in [2.05, 4.69) is 21.9 Å². The van der Waals surface area contributed by atoms with Crippen molar-refractivity contribution >= 4 is 29.5 Å². The molecule has 2 aliphatic heterocycles. The van der Waals surface area contributed by atoms with E-state index < -0.39 is 6.09 Å². The van der Waals surface area contributed by atoms with Crippen LogP contribution in [0, 0.1) is 0 Å². The van der Waals surface area contributed by atoms with Crippen LogP contribution in [0.3, 0.4) is 0 Å². The quantitative estimate of drug-likeness (QED) is 0.860. The van der Waals surface area contributed by atoms with Gasteiger partial charge in [0.25, 0.3) is 0 Å². The summed E-state index contributed by atoms with van der Waals surface area (Å²) in [5, 5.41) is 3.88. The molecule has 1 aromatic rings. The Labute approximate surface area is 128 Å². The van der Waals surface area contributed by atoms with Crippen LogP contribution in [-0.4, -0.2) is 41.0 Å². The SMILES string of the molecule is C=C1CSc2ncc(N3C[C@@H](CN)OC3=O)nc2N1.CC. The van der Waals surface area contributed by atoms with Crippen molar-refractivity contribution in [3.8, 4) is 0 Å². The van der Waals surface area contributed by atoms with Gasteiger partial charge in [0, 0.05) is 18.0 Å². The molecule has 3 N–H and O–H groups in total. The van der Waals surface area contributed by atoms with Crippen molar-refractivity contribution in [3.63, 3.8) is 0 Å². The van der Waals surface area contributed by atoms with Gasteiger partial charge in [0.2, 0.25) is 0 Å². The van der Waals surface area contributed by atoms with Gasteiger partial charge in [-0.15, -0.1) is 0 Å². The van der Waals surface area contributed by atoms with Crippen molar-refractivity contribution < 1.29 is 9.53 Å². The molecule has 7 nitrogen and oxygen atoms in total. The first kappa shape index (κ1) is 15.6. The Balaban J connectivity index is 0.000000774. The molecule has 0 aromatic carbocycles. The van der Waals surface area contributed by atoms with Crippen LogP contribution in [-0.2, 0) is 4.74 Å². The summed E-state index contributed by atoms with van der Waals surface area (Å²) in [6, 6.07) is 0. The molecule has 1 aromatic heterocycles. The van der Waals surface area contributed by atoms with Gasteiger partial charge in [-0.2, -0.15) is 0 Å². The fraction of sp³-hybridized carbons (Fsp3) is 0.462. The molecule has 1 atom stereocenters. The molecular weight excluding hydrogens is 290 g/mol. The molecule has 8 heteroatoms. The Morgan fingerprint density at radius 2 is 2.38 bits per heavy atom. The number of thioether (sulfide) groups is 1. The van der Waals surface area contributed by atoms with Gasteiger partial charge in [-0.05, 0) is 0 Å².